The van der Waals surface area contributed by atoms with Crippen LogP contribution in [0.2, 0.25) is 0 Å². The number of hydrogen-bond donors (Lipinski definition) is 1. The van der Waals surface area contributed by atoms with Crippen molar-refractivity contribution in [1.82, 2.24) is 10.2 Å². The van der Waals surface area contributed by atoms with Crippen molar-refractivity contribution in [1.29, 1.82) is 0 Å². The van der Waals surface area contributed by atoms with Crippen molar-refractivity contribution in [3.8, 4) is 0 Å². The second-order valence-electron chi connectivity index (χ2n) is 6.20. The zero-order chi connectivity index (χ0) is 16.6. The molecule has 0 saturated heterocycles. The highest BCUT2D eigenvalue weighted by Gasteiger charge is 2.25. The van der Waals surface area contributed by atoms with Gasteiger partial charge in [-0.15, -0.1) is 0 Å². The molecule has 0 radical (unpaired) electrons. The molecule has 0 heterocycles. The molecule has 0 unspecified atom stereocenters. The fourth-order valence-corrected chi connectivity index (χ4v) is 2.70. The lowest BCUT2D eigenvalue weighted by Crippen LogP contribution is -2.48. The second-order valence-corrected chi connectivity index (χ2v) is 8.08. The Balaban J connectivity index is 4.11. The van der Waals surface area contributed by atoms with E-state index in [9.17, 15) is 13.8 Å². The van der Waals surface area contributed by atoms with Gasteiger partial charge < -0.3 is 10.2 Å². The summed E-state index contributed by atoms with van der Waals surface area (Å²) in [5, 5.41) is 2.40. The summed E-state index contributed by atoms with van der Waals surface area (Å²) in [6.45, 7) is 7.60. The van der Waals surface area contributed by atoms with Crippen LogP contribution in [-0.2, 0) is 20.4 Å². The quantitative estimate of drug-likeness (QED) is 0.658. The molecule has 0 spiro atoms. The van der Waals surface area contributed by atoms with Crippen LogP contribution in [0.3, 0.4) is 0 Å². The third-order valence-corrected chi connectivity index (χ3v) is 5.29. The average molecular weight is 318 g/mol. The zero-order valence-corrected chi connectivity index (χ0v) is 15.0. The molecule has 0 fully saturated rings. The smallest absolute Gasteiger partial charge is 0.235 e. The molecule has 124 valence electrons. The molecule has 0 aromatic carbocycles. The van der Waals surface area contributed by atoms with E-state index in [0.717, 1.165) is 6.42 Å². The Bertz CT molecular complexity index is 381. The number of hydrogen-bond acceptors (Lipinski definition) is 3. The molecule has 1 N–H and O–H groups in total. The summed E-state index contributed by atoms with van der Waals surface area (Å²) in [7, 11) is 2.26. The van der Waals surface area contributed by atoms with E-state index in [2.05, 4.69) is 5.32 Å². The maximum atomic E-state index is 12.1. The van der Waals surface area contributed by atoms with Gasteiger partial charge >= 0.3 is 0 Å². The van der Waals surface area contributed by atoms with E-state index in [1.165, 1.54) is 0 Å². The van der Waals surface area contributed by atoms with Crippen molar-refractivity contribution in [2.24, 2.45) is 0 Å². The molecule has 0 saturated carbocycles. The molecule has 6 heteroatoms. The molecular weight excluding hydrogens is 288 g/mol. The Morgan fingerprint density at radius 2 is 1.81 bits per heavy atom. The van der Waals surface area contributed by atoms with Crippen LogP contribution < -0.4 is 5.32 Å². The van der Waals surface area contributed by atoms with Crippen LogP contribution in [0, 0.1) is 0 Å². The number of nitrogens with zero attached hydrogens (tertiary/aromatic N) is 1. The number of nitrogens with one attached hydrogen (secondary N) is 1. The van der Waals surface area contributed by atoms with Crippen LogP contribution in [0.1, 0.15) is 53.4 Å². The Morgan fingerprint density at radius 3 is 2.29 bits per heavy atom. The zero-order valence-electron chi connectivity index (χ0n) is 14.2. The van der Waals surface area contributed by atoms with Crippen molar-refractivity contribution in [3.05, 3.63) is 0 Å². The van der Waals surface area contributed by atoms with Gasteiger partial charge in [0.15, 0.2) is 0 Å². The van der Waals surface area contributed by atoms with Crippen LogP contribution in [0.15, 0.2) is 0 Å². The molecule has 0 aliphatic rings. The lowest BCUT2D eigenvalue weighted by molar-refractivity contribution is -0.128. The average Bonchev–Trinajstić information content (AvgIpc) is 2.41. The highest BCUT2D eigenvalue weighted by Crippen LogP contribution is 2.09. The summed E-state index contributed by atoms with van der Waals surface area (Å²) < 4.78 is 12.1. The van der Waals surface area contributed by atoms with Crippen molar-refractivity contribution in [3.63, 3.8) is 0 Å². The number of carbonyl (C=O) groups is 2. The van der Waals surface area contributed by atoms with Crippen molar-refractivity contribution in [2.45, 2.75) is 64.2 Å². The fraction of sp³-hybridized carbons (Fsp3) is 0.867. The van der Waals surface area contributed by atoms with Crippen LogP contribution >= 0.6 is 0 Å². The maximum absolute atomic E-state index is 12.1. The number of carbonyl (C=O) groups excluding carboxylic acids is 2. The summed E-state index contributed by atoms with van der Waals surface area (Å²) >= 11 is 0. The Labute approximate surface area is 131 Å². The highest BCUT2D eigenvalue weighted by atomic mass is 32.2. The molecule has 21 heavy (non-hydrogen) atoms. The van der Waals surface area contributed by atoms with Gasteiger partial charge in [0.25, 0.3) is 0 Å². The van der Waals surface area contributed by atoms with Crippen LogP contribution in [0.4, 0.5) is 0 Å². The summed E-state index contributed by atoms with van der Waals surface area (Å²) in [6, 6.07) is 0. The van der Waals surface area contributed by atoms with Gasteiger partial charge in [0.1, 0.15) is 5.25 Å². The van der Waals surface area contributed by atoms with Gasteiger partial charge in [-0.2, -0.15) is 0 Å². The number of unbranched alkanes of at least 4 members (excludes halogenated alkanes) is 1. The molecule has 0 aliphatic carbocycles. The molecule has 0 bridgehead atoms. The third-order valence-electron chi connectivity index (χ3n) is 3.59. The lowest BCUT2D eigenvalue weighted by atomic mass is 10.0. The molecular formula is C15H30N2O3S. The van der Waals surface area contributed by atoms with Gasteiger partial charge in [-0.1, -0.05) is 6.92 Å². The Hall–Kier alpha value is -0.910. The van der Waals surface area contributed by atoms with E-state index >= 15 is 0 Å². The van der Waals surface area contributed by atoms with E-state index in [1.54, 1.807) is 25.9 Å². The minimum absolute atomic E-state index is 0.0799. The first kappa shape index (κ1) is 20.1. The predicted octanol–water partition coefficient (Wildman–Crippen LogP) is 1.69. The van der Waals surface area contributed by atoms with E-state index in [-0.39, 0.29) is 17.4 Å². The topological polar surface area (TPSA) is 66.5 Å². The van der Waals surface area contributed by atoms with Crippen molar-refractivity contribution < 1.29 is 13.8 Å². The normalized spacial score (nSPS) is 14.4. The maximum Gasteiger partial charge on any atom is 0.235 e. The number of amides is 2. The summed E-state index contributed by atoms with van der Waals surface area (Å²) in [4.78, 5) is 25.0. The van der Waals surface area contributed by atoms with E-state index in [0.29, 0.717) is 25.0 Å². The highest BCUT2D eigenvalue weighted by molar-refractivity contribution is 7.86. The fourth-order valence-electron chi connectivity index (χ4n) is 1.56. The molecule has 0 aliphatic heterocycles. The van der Waals surface area contributed by atoms with Gasteiger partial charge in [0.05, 0.1) is 0 Å². The Morgan fingerprint density at radius 1 is 1.24 bits per heavy atom. The van der Waals surface area contributed by atoms with Crippen molar-refractivity contribution >= 4 is 22.6 Å². The van der Waals surface area contributed by atoms with Gasteiger partial charge in [-0.3, -0.25) is 13.8 Å². The molecule has 0 aromatic rings. The first-order valence-electron chi connectivity index (χ1n) is 7.50. The second kappa shape index (κ2) is 9.18. The molecule has 2 atom stereocenters. The minimum Gasteiger partial charge on any atom is -0.350 e. The van der Waals surface area contributed by atoms with Crippen molar-refractivity contribution in [2.75, 3.05) is 19.8 Å². The first-order valence-corrected chi connectivity index (χ1v) is 8.88. The van der Waals surface area contributed by atoms with E-state index in [4.69, 9.17) is 0 Å². The summed E-state index contributed by atoms with van der Waals surface area (Å²) in [5.74, 6) is 0.378. The van der Waals surface area contributed by atoms with Crippen LogP contribution in [0.25, 0.3) is 0 Å². The largest absolute Gasteiger partial charge is 0.350 e. The number of rotatable bonds is 9. The van der Waals surface area contributed by atoms with Gasteiger partial charge in [-0.25, -0.2) is 0 Å². The molecule has 5 nitrogen and oxygen atoms in total. The van der Waals surface area contributed by atoms with Gasteiger partial charge in [0, 0.05) is 42.6 Å². The summed E-state index contributed by atoms with van der Waals surface area (Å²) in [5.41, 5.74) is -0.270. The summed E-state index contributed by atoms with van der Waals surface area (Å²) in [6.07, 6.45) is 2.69. The predicted molar refractivity (Wildman–Crippen MR) is 87.5 cm³/mol. The standard InChI is InChI=1S/C15H30N2O3S/c1-7-15(3,4)16-14(19)12(2)21(20)11-9-8-10-13(18)17(5)6/h12H,7-11H2,1-6H3,(H,16,19)/t12-,21+/m1/s1. The first-order chi connectivity index (χ1) is 9.60. The molecule has 0 aromatic heterocycles. The lowest BCUT2D eigenvalue weighted by Gasteiger charge is -2.26. The van der Waals surface area contributed by atoms with Crippen LogP contribution in [-0.4, -0.2) is 51.6 Å². The Kier molecular flexibility index (Phi) is 8.78. The van der Waals surface area contributed by atoms with E-state index in [1.807, 2.05) is 20.8 Å². The molecule has 2 amide bonds. The van der Waals surface area contributed by atoms with E-state index < -0.39 is 16.0 Å². The van der Waals surface area contributed by atoms with Gasteiger partial charge in [0.2, 0.25) is 11.8 Å². The SMILES string of the molecule is CCC(C)(C)NC(=O)[C@@H](C)[S@@](=O)CCCCC(=O)N(C)C. The monoisotopic (exact) mass is 318 g/mol. The minimum atomic E-state index is -1.19. The third kappa shape index (κ3) is 8.19. The molecule has 0 rings (SSSR count). The van der Waals surface area contributed by atoms with Gasteiger partial charge in [-0.05, 0) is 40.0 Å². The van der Waals surface area contributed by atoms with Crippen LogP contribution in [0.5, 0.6) is 0 Å².